The van der Waals surface area contributed by atoms with Crippen LogP contribution in [-0.2, 0) is 16.1 Å². The number of carbonyl (C=O) groups excluding carboxylic acids is 2. The molecule has 0 fully saturated rings. The first kappa shape index (κ1) is 22.3. The van der Waals surface area contributed by atoms with Gasteiger partial charge >= 0.3 is 0 Å². The lowest BCUT2D eigenvalue weighted by molar-refractivity contribution is -0.137. The summed E-state index contributed by atoms with van der Waals surface area (Å²) in [6, 6.07) is 17.0. The first-order valence-corrected chi connectivity index (χ1v) is 10.6. The topological polar surface area (TPSA) is 58.6 Å². The van der Waals surface area contributed by atoms with Crippen LogP contribution >= 0.6 is 0 Å². The summed E-state index contributed by atoms with van der Waals surface area (Å²) in [5.74, 6) is -0.659. The predicted octanol–water partition coefficient (Wildman–Crippen LogP) is 5.15. The molecule has 0 aromatic heterocycles. The highest BCUT2D eigenvalue weighted by Crippen LogP contribution is 2.35. The summed E-state index contributed by atoms with van der Waals surface area (Å²) in [7, 11) is 1.55. The molecule has 3 aromatic rings. The van der Waals surface area contributed by atoms with Crippen LogP contribution in [0.5, 0.6) is 5.75 Å². The van der Waals surface area contributed by atoms with Crippen LogP contribution in [0.25, 0.3) is 5.57 Å². The van der Waals surface area contributed by atoms with Gasteiger partial charge in [0.2, 0.25) is 0 Å². The largest absolute Gasteiger partial charge is 0.495 e. The molecule has 2 amide bonds. The normalized spacial score (nSPS) is 13.7. The molecule has 4 rings (SSSR count). The van der Waals surface area contributed by atoms with E-state index < -0.39 is 11.8 Å². The number of ether oxygens (including phenoxy) is 1. The molecule has 1 heterocycles. The van der Waals surface area contributed by atoms with Gasteiger partial charge in [0.1, 0.15) is 17.3 Å². The minimum Gasteiger partial charge on any atom is -0.495 e. The average molecular weight is 445 g/mol. The summed E-state index contributed by atoms with van der Waals surface area (Å²) in [4.78, 5) is 28.2. The van der Waals surface area contributed by atoms with E-state index in [-0.39, 0.29) is 18.1 Å². The third kappa shape index (κ3) is 4.37. The number of imide groups is 1. The van der Waals surface area contributed by atoms with Gasteiger partial charge in [-0.1, -0.05) is 36.4 Å². The molecule has 0 atom stereocenters. The Balaban J connectivity index is 1.79. The van der Waals surface area contributed by atoms with E-state index in [0.717, 1.165) is 16.7 Å². The Morgan fingerprint density at radius 3 is 2.27 bits per heavy atom. The first-order valence-electron chi connectivity index (χ1n) is 10.6. The number of amides is 2. The number of hydrogen-bond acceptors (Lipinski definition) is 4. The minimum atomic E-state index is -0.443. The van der Waals surface area contributed by atoms with Gasteiger partial charge in [-0.05, 0) is 72.9 Å². The Kier molecular flexibility index (Phi) is 6.01. The molecular weight excluding hydrogens is 419 g/mol. The van der Waals surface area contributed by atoms with Gasteiger partial charge in [-0.3, -0.25) is 14.5 Å². The van der Waals surface area contributed by atoms with Crippen molar-refractivity contribution < 1.29 is 18.7 Å². The summed E-state index contributed by atoms with van der Waals surface area (Å²) in [6.07, 6.45) is 0. The number of nitrogens with zero attached hydrogens (tertiary/aromatic N) is 1. The molecule has 1 aliphatic heterocycles. The van der Waals surface area contributed by atoms with E-state index in [4.69, 9.17) is 4.74 Å². The second kappa shape index (κ2) is 8.90. The van der Waals surface area contributed by atoms with Crippen molar-refractivity contribution in [2.24, 2.45) is 0 Å². The molecule has 168 valence electrons. The predicted molar refractivity (Wildman–Crippen MR) is 126 cm³/mol. The molecule has 1 aliphatic rings. The fourth-order valence-corrected chi connectivity index (χ4v) is 3.83. The number of methoxy groups -OCH3 is 1. The highest BCUT2D eigenvalue weighted by Gasteiger charge is 2.39. The molecule has 3 aromatic carbocycles. The highest BCUT2D eigenvalue weighted by atomic mass is 19.1. The van der Waals surface area contributed by atoms with Crippen LogP contribution in [0.3, 0.4) is 0 Å². The van der Waals surface area contributed by atoms with E-state index in [1.54, 1.807) is 19.2 Å². The van der Waals surface area contributed by atoms with Crippen molar-refractivity contribution in [3.05, 3.63) is 100.0 Å². The van der Waals surface area contributed by atoms with E-state index in [0.29, 0.717) is 28.1 Å². The van der Waals surface area contributed by atoms with E-state index in [1.807, 2.05) is 57.2 Å². The number of halogens is 1. The highest BCUT2D eigenvalue weighted by molar-refractivity contribution is 6.36. The van der Waals surface area contributed by atoms with Gasteiger partial charge < -0.3 is 10.1 Å². The van der Waals surface area contributed by atoms with E-state index in [9.17, 15) is 14.0 Å². The van der Waals surface area contributed by atoms with E-state index >= 15 is 0 Å². The second-order valence-electron chi connectivity index (χ2n) is 8.20. The number of hydrogen-bond donors (Lipinski definition) is 1. The van der Waals surface area contributed by atoms with Crippen molar-refractivity contribution in [2.75, 3.05) is 12.4 Å². The Labute approximate surface area is 192 Å². The Hall–Kier alpha value is -3.93. The fraction of sp³-hybridized carbons (Fsp3) is 0.185. The van der Waals surface area contributed by atoms with Crippen LogP contribution in [0.4, 0.5) is 10.1 Å². The molecule has 0 radical (unpaired) electrons. The molecule has 0 saturated carbocycles. The van der Waals surface area contributed by atoms with Crippen molar-refractivity contribution in [1.29, 1.82) is 0 Å². The van der Waals surface area contributed by atoms with Gasteiger partial charge in [0.15, 0.2) is 0 Å². The quantitative estimate of drug-likeness (QED) is 0.534. The monoisotopic (exact) mass is 444 g/mol. The number of benzene rings is 3. The van der Waals surface area contributed by atoms with Crippen LogP contribution in [-0.4, -0.2) is 23.8 Å². The zero-order valence-corrected chi connectivity index (χ0v) is 19.0. The lowest BCUT2D eigenvalue weighted by atomic mass is 9.99. The smallest absolute Gasteiger partial charge is 0.278 e. The average Bonchev–Trinajstić information content (AvgIpc) is 3.01. The number of carbonyl (C=O) groups is 2. The van der Waals surface area contributed by atoms with Crippen LogP contribution in [0.2, 0.25) is 0 Å². The van der Waals surface area contributed by atoms with Crippen molar-refractivity contribution in [1.82, 2.24) is 4.90 Å². The van der Waals surface area contributed by atoms with Crippen LogP contribution in [0, 0.1) is 26.6 Å². The second-order valence-corrected chi connectivity index (χ2v) is 8.20. The standard InChI is InChI=1S/C27H25FN2O3/c1-16-5-12-23(33-4)22(13-16)29-25-24(20-9-6-17(2)18(3)14-20)26(31)30(27(25)32)15-19-7-10-21(28)11-8-19/h5-14,29H,15H2,1-4H3. The zero-order chi connectivity index (χ0) is 23.7. The van der Waals surface area contributed by atoms with Crippen LogP contribution < -0.4 is 10.1 Å². The van der Waals surface area contributed by atoms with Crippen molar-refractivity contribution in [3.63, 3.8) is 0 Å². The molecule has 33 heavy (non-hydrogen) atoms. The molecular formula is C27H25FN2O3. The summed E-state index contributed by atoms with van der Waals surface area (Å²) < 4.78 is 18.8. The Bertz CT molecular complexity index is 1280. The van der Waals surface area contributed by atoms with Crippen molar-refractivity contribution in [2.45, 2.75) is 27.3 Å². The fourth-order valence-electron chi connectivity index (χ4n) is 3.83. The summed E-state index contributed by atoms with van der Waals surface area (Å²) in [5, 5.41) is 3.17. The van der Waals surface area contributed by atoms with Gasteiger partial charge in [0, 0.05) is 0 Å². The van der Waals surface area contributed by atoms with Gasteiger partial charge in [-0.15, -0.1) is 0 Å². The number of nitrogens with one attached hydrogen (secondary N) is 1. The van der Waals surface area contributed by atoms with E-state index in [1.165, 1.54) is 17.0 Å². The van der Waals surface area contributed by atoms with Crippen LogP contribution in [0.1, 0.15) is 27.8 Å². The third-order valence-corrected chi connectivity index (χ3v) is 5.83. The minimum absolute atomic E-state index is 0.0441. The molecule has 5 nitrogen and oxygen atoms in total. The Morgan fingerprint density at radius 2 is 1.61 bits per heavy atom. The number of aryl methyl sites for hydroxylation is 3. The number of anilines is 1. The van der Waals surface area contributed by atoms with E-state index in [2.05, 4.69) is 5.32 Å². The van der Waals surface area contributed by atoms with Crippen molar-refractivity contribution >= 4 is 23.1 Å². The molecule has 1 N–H and O–H groups in total. The lowest BCUT2D eigenvalue weighted by Crippen LogP contribution is -2.32. The molecule has 0 aliphatic carbocycles. The maximum atomic E-state index is 13.5. The molecule has 0 spiro atoms. The maximum Gasteiger partial charge on any atom is 0.278 e. The maximum absolute atomic E-state index is 13.5. The van der Waals surface area contributed by atoms with Gasteiger partial charge in [-0.25, -0.2) is 4.39 Å². The lowest BCUT2D eigenvalue weighted by Gasteiger charge is -2.16. The Morgan fingerprint density at radius 1 is 0.879 bits per heavy atom. The van der Waals surface area contributed by atoms with Crippen molar-refractivity contribution in [3.8, 4) is 5.75 Å². The molecule has 6 heteroatoms. The van der Waals surface area contributed by atoms with Gasteiger partial charge in [-0.2, -0.15) is 0 Å². The molecule has 0 saturated heterocycles. The van der Waals surface area contributed by atoms with Gasteiger partial charge in [0.25, 0.3) is 11.8 Å². The van der Waals surface area contributed by atoms with Crippen LogP contribution in [0.15, 0.2) is 66.4 Å². The summed E-state index contributed by atoms with van der Waals surface area (Å²) in [5.41, 5.74) is 5.49. The molecule has 0 bridgehead atoms. The summed E-state index contributed by atoms with van der Waals surface area (Å²) >= 11 is 0. The number of rotatable bonds is 6. The summed E-state index contributed by atoms with van der Waals surface area (Å²) in [6.45, 7) is 5.94. The molecule has 0 unspecified atom stereocenters. The van der Waals surface area contributed by atoms with Gasteiger partial charge in [0.05, 0.1) is 24.9 Å². The SMILES string of the molecule is COc1ccc(C)cc1NC1=C(c2ccc(C)c(C)c2)C(=O)N(Cc2ccc(F)cc2)C1=O. The third-order valence-electron chi connectivity index (χ3n) is 5.83. The first-order chi connectivity index (χ1) is 15.8. The zero-order valence-electron chi connectivity index (χ0n) is 19.0.